The summed E-state index contributed by atoms with van der Waals surface area (Å²) in [6, 6.07) is 2.06. The van der Waals surface area contributed by atoms with E-state index in [1.54, 1.807) is 29.8 Å². The molecule has 0 spiro atoms. The van der Waals surface area contributed by atoms with Crippen LogP contribution in [0.15, 0.2) is 12.4 Å². The quantitative estimate of drug-likeness (QED) is 0.541. The van der Waals surface area contributed by atoms with Gasteiger partial charge in [0.1, 0.15) is 11.2 Å². The van der Waals surface area contributed by atoms with Gasteiger partial charge in [0, 0.05) is 32.8 Å². The molecule has 4 aromatic heterocycles. The van der Waals surface area contributed by atoms with Crippen LogP contribution in [0.3, 0.4) is 0 Å². The zero-order chi connectivity index (χ0) is 19.3. The maximum absolute atomic E-state index is 12.4. The monoisotopic (exact) mass is 383 g/mol. The molecule has 8 nitrogen and oxygen atoms in total. The number of hydrogen-bond donors (Lipinski definition) is 0. The Bertz CT molecular complexity index is 1170. The highest BCUT2D eigenvalue weighted by atomic mass is 32.1. The molecule has 0 saturated heterocycles. The van der Waals surface area contributed by atoms with Crippen molar-refractivity contribution in [2.75, 3.05) is 14.1 Å². The van der Waals surface area contributed by atoms with E-state index in [-0.39, 0.29) is 5.91 Å². The Labute approximate surface area is 160 Å². The summed E-state index contributed by atoms with van der Waals surface area (Å²) in [5.74, 6) is 0.723. The molecule has 4 aromatic rings. The maximum atomic E-state index is 12.4. The molecule has 9 heteroatoms. The Balaban J connectivity index is 1.72. The molecule has 0 aliphatic carbocycles. The molecular formula is C18H21N7OS. The minimum Gasteiger partial charge on any atom is -0.344 e. The maximum Gasteiger partial charge on any atom is 0.263 e. The first-order valence-electron chi connectivity index (χ1n) is 8.71. The molecule has 0 bridgehead atoms. The Hall–Kier alpha value is -2.81. The van der Waals surface area contributed by atoms with E-state index in [4.69, 9.17) is 4.98 Å². The van der Waals surface area contributed by atoms with E-state index in [0.717, 1.165) is 45.2 Å². The molecule has 0 N–H and O–H groups in total. The summed E-state index contributed by atoms with van der Waals surface area (Å²) >= 11 is 1.40. The molecule has 0 radical (unpaired) electrons. The lowest BCUT2D eigenvalue weighted by Gasteiger charge is -2.08. The Morgan fingerprint density at radius 3 is 2.67 bits per heavy atom. The van der Waals surface area contributed by atoms with Crippen molar-refractivity contribution in [3.8, 4) is 0 Å². The first-order valence-corrected chi connectivity index (χ1v) is 9.53. The van der Waals surface area contributed by atoms with Crippen LogP contribution in [-0.4, -0.2) is 54.3 Å². The molecule has 27 heavy (non-hydrogen) atoms. The van der Waals surface area contributed by atoms with Crippen LogP contribution in [0.5, 0.6) is 0 Å². The van der Waals surface area contributed by atoms with Crippen molar-refractivity contribution >= 4 is 33.1 Å². The third-order valence-corrected chi connectivity index (χ3v) is 5.75. The van der Waals surface area contributed by atoms with E-state index in [0.29, 0.717) is 11.3 Å². The molecule has 0 saturated carbocycles. The van der Waals surface area contributed by atoms with E-state index in [2.05, 4.69) is 21.2 Å². The van der Waals surface area contributed by atoms with Crippen LogP contribution in [0.4, 0.5) is 0 Å². The van der Waals surface area contributed by atoms with Crippen molar-refractivity contribution in [1.82, 2.24) is 34.3 Å². The molecule has 0 fully saturated rings. The van der Waals surface area contributed by atoms with Gasteiger partial charge in [0.2, 0.25) is 0 Å². The summed E-state index contributed by atoms with van der Waals surface area (Å²) in [7, 11) is 3.51. The zero-order valence-corrected chi connectivity index (χ0v) is 16.8. The number of carbonyl (C=O) groups is 1. The predicted octanol–water partition coefficient (Wildman–Crippen LogP) is 2.41. The SMILES string of the molecule is Cc1cc(C)n(CCc2nc3c4c(C)c(C(=O)N(C)C)sc4ncn3n2)n1. The Kier molecular flexibility index (Phi) is 4.18. The smallest absolute Gasteiger partial charge is 0.263 e. The minimum atomic E-state index is -0.0158. The lowest BCUT2D eigenvalue weighted by Crippen LogP contribution is -2.21. The van der Waals surface area contributed by atoms with E-state index in [1.165, 1.54) is 11.3 Å². The molecule has 4 rings (SSSR count). The Morgan fingerprint density at radius 2 is 2.00 bits per heavy atom. The summed E-state index contributed by atoms with van der Waals surface area (Å²) in [6.45, 7) is 6.70. The summed E-state index contributed by atoms with van der Waals surface area (Å²) in [4.78, 5) is 24.7. The zero-order valence-electron chi connectivity index (χ0n) is 16.0. The molecular weight excluding hydrogens is 362 g/mol. The summed E-state index contributed by atoms with van der Waals surface area (Å²) in [5.41, 5.74) is 3.79. The topological polar surface area (TPSA) is 81.2 Å². The predicted molar refractivity (Wildman–Crippen MR) is 104 cm³/mol. The normalized spacial score (nSPS) is 11.6. The number of carbonyl (C=O) groups excluding carboxylic acids is 1. The first-order chi connectivity index (χ1) is 12.8. The molecule has 0 atom stereocenters. The molecule has 4 heterocycles. The van der Waals surface area contributed by atoms with Gasteiger partial charge >= 0.3 is 0 Å². The number of rotatable bonds is 4. The average molecular weight is 383 g/mol. The molecule has 0 unspecified atom stereocenters. The number of fused-ring (bicyclic) bond motifs is 3. The third kappa shape index (κ3) is 2.97. The number of nitrogens with zero attached hydrogens (tertiary/aromatic N) is 7. The van der Waals surface area contributed by atoms with Crippen LogP contribution in [0.2, 0.25) is 0 Å². The van der Waals surface area contributed by atoms with Gasteiger partial charge < -0.3 is 4.90 Å². The number of amides is 1. The van der Waals surface area contributed by atoms with Gasteiger partial charge in [0.25, 0.3) is 5.91 Å². The highest BCUT2D eigenvalue weighted by Crippen LogP contribution is 2.32. The van der Waals surface area contributed by atoms with Gasteiger partial charge in [-0.1, -0.05) is 0 Å². The molecule has 0 aliphatic rings. The average Bonchev–Trinajstić information content (AvgIpc) is 3.27. The number of aryl methyl sites for hydroxylation is 5. The fourth-order valence-corrected chi connectivity index (χ4v) is 4.36. The second kappa shape index (κ2) is 6.41. The van der Waals surface area contributed by atoms with Crippen LogP contribution in [0, 0.1) is 20.8 Å². The highest BCUT2D eigenvalue weighted by molar-refractivity contribution is 7.20. The second-order valence-electron chi connectivity index (χ2n) is 6.88. The van der Waals surface area contributed by atoms with E-state index in [9.17, 15) is 4.79 Å². The van der Waals surface area contributed by atoms with Crippen molar-refractivity contribution in [2.45, 2.75) is 33.7 Å². The van der Waals surface area contributed by atoms with E-state index >= 15 is 0 Å². The van der Waals surface area contributed by atoms with Crippen LogP contribution in [0.1, 0.15) is 32.4 Å². The fraction of sp³-hybridized carbons (Fsp3) is 0.389. The third-order valence-electron chi connectivity index (χ3n) is 4.56. The van der Waals surface area contributed by atoms with E-state index < -0.39 is 0 Å². The van der Waals surface area contributed by atoms with Gasteiger partial charge in [-0.25, -0.2) is 14.5 Å². The highest BCUT2D eigenvalue weighted by Gasteiger charge is 2.21. The van der Waals surface area contributed by atoms with Gasteiger partial charge in [-0.05, 0) is 32.4 Å². The van der Waals surface area contributed by atoms with Crippen molar-refractivity contribution in [2.24, 2.45) is 0 Å². The summed E-state index contributed by atoms with van der Waals surface area (Å²) in [5, 5.41) is 9.94. The lowest BCUT2D eigenvalue weighted by molar-refractivity contribution is 0.0831. The molecule has 140 valence electrons. The molecule has 0 aliphatic heterocycles. The number of aromatic nitrogens is 6. The number of hydrogen-bond acceptors (Lipinski definition) is 6. The van der Waals surface area contributed by atoms with Crippen LogP contribution < -0.4 is 0 Å². The standard InChI is InChI=1S/C18H21N7OS/c1-10-8-11(2)24(21-10)7-6-13-20-16-14-12(3)15(18(26)23(4)5)27-17(14)19-9-25(16)22-13/h8-9H,6-7H2,1-5H3. The van der Waals surface area contributed by atoms with Gasteiger partial charge in [-0.15, -0.1) is 16.4 Å². The fourth-order valence-electron chi connectivity index (χ4n) is 3.20. The second-order valence-corrected chi connectivity index (χ2v) is 7.88. The van der Waals surface area contributed by atoms with Gasteiger partial charge in [0.05, 0.1) is 16.0 Å². The van der Waals surface area contributed by atoms with Crippen LogP contribution >= 0.6 is 11.3 Å². The van der Waals surface area contributed by atoms with Crippen molar-refractivity contribution in [3.05, 3.63) is 40.0 Å². The van der Waals surface area contributed by atoms with E-state index in [1.807, 2.05) is 25.5 Å². The number of thiophene rings is 1. The van der Waals surface area contributed by atoms with Crippen molar-refractivity contribution in [3.63, 3.8) is 0 Å². The largest absolute Gasteiger partial charge is 0.344 e. The van der Waals surface area contributed by atoms with Gasteiger partial charge in [-0.2, -0.15) is 5.10 Å². The first kappa shape index (κ1) is 17.6. The van der Waals surface area contributed by atoms with Gasteiger partial charge in [0.15, 0.2) is 11.5 Å². The van der Waals surface area contributed by atoms with Crippen molar-refractivity contribution in [1.29, 1.82) is 0 Å². The summed E-state index contributed by atoms with van der Waals surface area (Å²) in [6.07, 6.45) is 2.34. The van der Waals surface area contributed by atoms with Crippen molar-refractivity contribution < 1.29 is 4.79 Å². The van der Waals surface area contributed by atoms with Crippen LogP contribution in [0.25, 0.3) is 15.9 Å². The molecule has 0 aromatic carbocycles. The van der Waals surface area contributed by atoms with Gasteiger partial charge in [-0.3, -0.25) is 9.48 Å². The molecule has 1 amide bonds. The van der Waals surface area contributed by atoms with Crippen LogP contribution in [-0.2, 0) is 13.0 Å². The Morgan fingerprint density at radius 1 is 1.22 bits per heavy atom. The summed E-state index contributed by atoms with van der Waals surface area (Å²) < 4.78 is 3.67. The minimum absolute atomic E-state index is 0.0158. The lowest BCUT2D eigenvalue weighted by atomic mass is 10.2.